The van der Waals surface area contributed by atoms with Gasteiger partial charge in [-0.15, -0.1) is 0 Å². The van der Waals surface area contributed by atoms with Crippen LogP contribution in [-0.4, -0.2) is 18.5 Å². The van der Waals surface area contributed by atoms with E-state index >= 15 is 0 Å². The van der Waals surface area contributed by atoms with E-state index in [1.807, 2.05) is 6.92 Å². The van der Waals surface area contributed by atoms with E-state index in [0.29, 0.717) is 6.61 Å². The molecule has 0 amide bonds. The second kappa shape index (κ2) is 4.77. The SMILES string of the molecule is CCCOC(=O)C(C)=C=O. The minimum absolute atomic E-state index is 0.00606. The van der Waals surface area contributed by atoms with E-state index in [9.17, 15) is 9.59 Å². The average Bonchev–Trinajstić information content (AvgIpc) is 1.98. The van der Waals surface area contributed by atoms with Gasteiger partial charge in [-0.25, -0.2) is 9.59 Å². The van der Waals surface area contributed by atoms with Crippen LogP contribution >= 0.6 is 0 Å². The van der Waals surface area contributed by atoms with Crippen LogP contribution in [0.25, 0.3) is 0 Å². The molecular formula is C7H10O3. The molecule has 0 atom stereocenters. The van der Waals surface area contributed by atoms with Gasteiger partial charge in [0.25, 0.3) is 0 Å². The Morgan fingerprint density at radius 2 is 2.20 bits per heavy atom. The summed E-state index contributed by atoms with van der Waals surface area (Å²) in [5.74, 6) is 0.893. The standard InChI is InChI=1S/C7H10O3/c1-3-4-10-7(9)6(2)5-8/h3-4H2,1-2H3. The maximum absolute atomic E-state index is 10.6. The third kappa shape index (κ3) is 3.05. The smallest absolute Gasteiger partial charge is 0.344 e. The second-order valence-electron chi connectivity index (χ2n) is 1.86. The molecule has 56 valence electrons. The summed E-state index contributed by atoms with van der Waals surface area (Å²) in [6, 6.07) is 0. The number of rotatable bonds is 3. The van der Waals surface area contributed by atoms with Crippen molar-refractivity contribution in [1.82, 2.24) is 0 Å². The first-order chi connectivity index (χ1) is 4.72. The lowest BCUT2D eigenvalue weighted by Gasteiger charge is -1.98. The minimum Gasteiger partial charge on any atom is -0.462 e. The lowest BCUT2D eigenvalue weighted by atomic mass is 10.3. The molecule has 0 aliphatic heterocycles. The largest absolute Gasteiger partial charge is 0.462 e. The summed E-state index contributed by atoms with van der Waals surface area (Å²) in [6.45, 7) is 3.62. The van der Waals surface area contributed by atoms with E-state index in [1.54, 1.807) is 0 Å². The van der Waals surface area contributed by atoms with Crippen molar-refractivity contribution in [1.29, 1.82) is 0 Å². The molecular weight excluding hydrogens is 132 g/mol. The van der Waals surface area contributed by atoms with Crippen LogP contribution in [0.15, 0.2) is 5.57 Å². The third-order valence-electron chi connectivity index (χ3n) is 0.897. The fourth-order valence-electron chi connectivity index (χ4n) is 0.345. The Balaban J connectivity index is 3.75. The molecule has 0 N–H and O–H groups in total. The predicted octanol–water partition coefficient (Wildman–Crippen LogP) is 0.718. The molecule has 0 bridgehead atoms. The first-order valence-electron chi connectivity index (χ1n) is 3.11. The molecule has 0 aliphatic carbocycles. The van der Waals surface area contributed by atoms with Crippen LogP contribution in [0.1, 0.15) is 20.3 Å². The topological polar surface area (TPSA) is 43.4 Å². The summed E-state index contributed by atoms with van der Waals surface area (Å²) in [6.07, 6.45) is 0.762. The van der Waals surface area contributed by atoms with Gasteiger partial charge in [0.1, 0.15) is 11.5 Å². The number of hydrogen-bond donors (Lipinski definition) is 0. The van der Waals surface area contributed by atoms with Gasteiger partial charge in [0.05, 0.1) is 6.61 Å². The summed E-state index contributed by atoms with van der Waals surface area (Å²) in [4.78, 5) is 20.5. The van der Waals surface area contributed by atoms with E-state index in [-0.39, 0.29) is 5.57 Å². The van der Waals surface area contributed by atoms with Gasteiger partial charge < -0.3 is 4.74 Å². The van der Waals surface area contributed by atoms with Crippen molar-refractivity contribution in [3.05, 3.63) is 5.57 Å². The third-order valence-corrected chi connectivity index (χ3v) is 0.897. The van der Waals surface area contributed by atoms with Crippen molar-refractivity contribution in [2.45, 2.75) is 20.3 Å². The quantitative estimate of drug-likeness (QED) is 0.331. The summed E-state index contributed by atoms with van der Waals surface area (Å²) in [5, 5.41) is 0. The predicted molar refractivity (Wildman–Crippen MR) is 36.1 cm³/mol. The van der Waals surface area contributed by atoms with Crippen molar-refractivity contribution < 1.29 is 14.3 Å². The first kappa shape index (κ1) is 8.92. The average molecular weight is 142 g/mol. The second-order valence-corrected chi connectivity index (χ2v) is 1.86. The summed E-state index contributed by atoms with van der Waals surface area (Å²) >= 11 is 0. The minimum atomic E-state index is -0.572. The molecule has 0 saturated heterocycles. The van der Waals surface area contributed by atoms with E-state index < -0.39 is 5.97 Å². The van der Waals surface area contributed by atoms with Gasteiger partial charge in [0.15, 0.2) is 0 Å². The molecule has 0 aromatic heterocycles. The Morgan fingerprint density at radius 1 is 1.60 bits per heavy atom. The molecule has 0 unspecified atom stereocenters. The van der Waals surface area contributed by atoms with Gasteiger partial charge in [-0.2, -0.15) is 0 Å². The van der Waals surface area contributed by atoms with E-state index in [2.05, 4.69) is 4.74 Å². The van der Waals surface area contributed by atoms with Gasteiger partial charge in [-0.1, -0.05) is 6.92 Å². The maximum atomic E-state index is 10.6. The van der Waals surface area contributed by atoms with Crippen molar-refractivity contribution in [3.63, 3.8) is 0 Å². The summed E-state index contributed by atoms with van der Waals surface area (Å²) in [7, 11) is 0. The number of carbonyl (C=O) groups excluding carboxylic acids is 2. The highest BCUT2D eigenvalue weighted by Crippen LogP contribution is 1.91. The number of esters is 1. The van der Waals surface area contributed by atoms with Crippen LogP contribution < -0.4 is 0 Å². The van der Waals surface area contributed by atoms with Crippen LogP contribution in [-0.2, 0) is 14.3 Å². The van der Waals surface area contributed by atoms with E-state index in [0.717, 1.165) is 6.42 Å². The van der Waals surface area contributed by atoms with Gasteiger partial charge >= 0.3 is 5.97 Å². The van der Waals surface area contributed by atoms with Crippen LogP contribution in [0.3, 0.4) is 0 Å². The fourth-order valence-corrected chi connectivity index (χ4v) is 0.345. The normalized spacial score (nSPS) is 8.20. The van der Waals surface area contributed by atoms with Crippen LogP contribution in [0, 0.1) is 0 Å². The molecule has 10 heavy (non-hydrogen) atoms. The molecule has 0 aliphatic rings. The lowest BCUT2D eigenvalue weighted by Crippen LogP contribution is -2.06. The highest BCUT2D eigenvalue weighted by Gasteiger charge is 2.03. The van der Waals surface area contributed by atoms with Crippen molar-refractivity contribution in [2.24, 2.45) is 0 Å². The number of ether oxygens (including phenoxy) is 1. The molecule has 0 radical (unpaired) electrons. The van der Waals surface area contributed by atoms with Gasteiger partial charge in [-0.05, 0) is 13.3 Å². The highest BCUT2D eigenvalue weighted by atomic mass is 16.5. The highest BCUT2D eigenvalue weighted by molar-refractivity contribution is 5.95. The molecule has 0 heterocycles. The van der Waals surface area contributed by atoms with Crippen molar-refractivity contribution >= 4 is 11.9 Å². The Labute approximate surface area is 59.7 Å². The molecule has 0 saturated carbocycles. The monoisotopic (exact) mass is 142 g/mol. The Morgan fingerprint density at radius 3 is 2.60 bits per heavy atom. The number of carbonyl (C=O) groups is 1. The molecule has 0 fully saturated rings. The Bertz CT molecular complexity index is 166. The summed E-state index contributed by atoms with van der Waals surface area (Å²) < 4.78 is 4.61. The van der Waals surface area contributed by atoms with Gasteiger partial charge in [-0.3, -0.25) is 0 Å². The van der Waals surface area contributed by atoms with E-state index in [1.165, 1.54) is 12.9 Å². The summed E-state index contributed by atoms with van der Waals surface area (Å²) in [5.41, 5.74) is -0.00606. The van der Waals surface area contributed by atoms with Gasteiger partial charge in [0, 0.05) is 0 Å². The van der Waals surface area contributed by atoms with Crippen molar-refractivity contribution in [2.75, 3.05) is 6.61 Å². The Kier molecular flexibility index (Phi) is 4.25. The van der Waals surface area contributed by atoms with Crippen LogP contribution in [0.5, 0.6) is 0 Å². The molecule has 0 aromatic rings. The maximum Gasteiger partial charge on any atom is 0.344 e. The molecule has 0 rings (SSSR count). The zero-order chi connectivity index (χ0) is 7.98. The molecule has 0 spiro atoms. The lowest BCUT2D eigenvalue weighted by molar-refractivity contribution is -0.138. The van der Waals surface area contributed by atoms with Crippen molar-refractivity contribution in [3.8, 4) is 0 Å². The van der Waals surface area contributed by atoms with Crippen LogP contribution in [0.2, 0.25) is 0 Å². The van der Waals surface area contributed by atoms with Gasteiger partial charge in [0.2, 0.25) is 0 Å². The van der Waals surface area contributed by atoms with Crippen LogP contribution in [0.4, 0.5) is 0 Å². The molecule has 3 nitrogen and oxygen atoms in total. The number of hydrogen-bond acceptors (Lipinski definition) is 3. The zero-order valence-corrected chi connectivity index (χ0v) is 6.14. The molecule has 3 heteroatoms. The molecule has 0 aromatic carbocycles. The first-order valence-corrected chi connectivity index (χ1v) is 3.11. The fraction of sp³-hybridized carbons (Fsp3) is 0.571. The van der Waals surface area contributed by atoms with E-state index in [4.69, 9.17) is 0 Å². The zero-order valence-electron chi connectivity index (χ0n) is 6.14. The Hall–Kier alpha value is -1.08.